The van der Waals surface area contributed by atoms with Gasteiger partial charge in [0, 0.05) is 11.8 Å². The topological polar surface area (TPSA) is 25.2 Å². The van der Waals surface area contributed by atoms with Crippen LogP contribution < -0.4 is 5.32 Å². The van der Waals surface area contributed by atoms with Crippen molar-refractivity contribution in [1.82, 2.24) is 5.32 Å². The number of aryl methyl sites for hydroxylation is 1. The van der Waals surface area contributed by atoms with Gasteiger partial charge in [0.05, 0.1) is 6.04 Å². The van der Waals surface area contributed by atoms with Gasteiger partial charge in [0.1, 0.15) is 11.5 Å². The molecule has 94 valence electrons. The van der Waals surface area contributed by atoms with Crippen LogP contribution in [0.3, 0.4) is 0 Å². The average Bonchev–Trinajstić information content (AvgIpc) is 2.62. The van der Waals surface area contributed by atoms with Gasteiger partial charge < -0.3 is 9.73 Å². The lowest BCUT2D eigenvalue weighted by atomic mass is 9.97. The molecule has 0 fully saturated rings. The van der Waals surface area contributed by atoms with Gasteiger partial charge in [-0.15, -0.1) is 5.92 Å². The molecule has 0 amide bonds. The highest BCUT2D eigenvalue weighted by Gasteiger charge is 2.13. The third-order valence-electron chi connectivity index (χ3n) is 2.32. The van der Waals surface area contributed by atoms with Gasteiger partial charge in [-0.1, -0.05) is 12.8 Å². The summed E-state index contributed by atoms with van der Waals surface area (Å²) in [4.78, 5) is 0. The van der Waals surface area contributed by atoms with E-state index in [2.05, 4.69) is 44.9 Å². The second-order valence-corrected chi connectivity index (χ2v) is 5.31. The van der Waals surface area contributed by atoms with Crippen LogP contribution in [0.15, 0.2) is 16.5 Å². The highest BCUT2D eigenvalue weighted by Crippen LogP contribution is 2.19. The highest BCUT2D eigenvalue weighted by molar-refractivity contribution is 5.15. The fraction of sp³-hybridized carbons (Fsp3) is 0.600. The number of rotatable bonds is 4. The van der Waals surface area contributed by atoms with E-state index in [9.17, 15) is 0 Å². The van der Waals surface area contributed by atoms with Crippen LogP contribution in [0.4, 0.5) is 0 Å². The molecule has 0 aliphatic rings. The Balaban J connectivity index is 2.70. The fourth-order valence-corrected chi connectivity index (χ4v) is 1.58. The first kappa shape index (κ1) is 13.9. The molecule has 17 heavy (non-hydrogen) atoms. The molecular formula is C15H23NO. The van der Waals surface area contributed by atoms with E-state index >= 15 is 0 Å². The minimum absolute atomic E-state index is 0.0653. The zero-order valence-corrected chi connectivity index (χ0v) is 11.6. The van der Waals surface area contributed by atoms with Crippen LogP contribution in [0.2, 0.25) is 0 Å². The summed E-state index contributed by atoms with van der Waals surface area (Å²) >= 11 is 0. The average molecular weight is 233 g/mol. The lowest BCUT2D eigenvalue weighted by molar-refractivity contribution is 0.409. The molecule has 0 aromatic carbocycles. The van der Waals surface area contributed by atoms with Crippen LogP contribution in [0.5, 0.6) is 0 Å². The SMILES string of the molecule is CCNC(CC#CC(C)(C)C)c1ccc(C)o1. The van der Waals surface area contributed by atoms with Gasteiger partial charge in [0.2, 0.25) is 0 Å². The molecule has 0 saturated heterocycles. The number of furan rings is 1. The first-order chi connectivity index (χ1) is 7.92. The zero-order chi connectivity index (χ0) is 12.9. The Labute approximate surface area is 105 Å². The maximum absolute atomic E-state index is 5.65. The van der Waals surface area contributed by atoms with Crippen molar-refractivity contribution in [3.63, 3.8) is 0 Å². The summed E-state index contributed by atoms with van der Waals surface area (Å²) in [6.45, 7) is 11.4. The van der Waals surface area contributed by atoms with Crippen molar-refractivity contribution < 1.29 is 4.42 Å². The van der Waals surface area contributed by atoms with Crippen molar-refractivity contribution in [1.29, 1.82) is 0 Å². The number of hydrogen-bond acceptors (Lipinski definition) is 2. The molecule has 1 aromatic heterocycles. The fourth-order valence-electron chi connectivity index (χ4n) is 1.58. The van der Waals surface area contributed by atoms with Crippen LogP contribution >= 0.6 is 0 Å². The van der Waals surface area contributed by atoms with E-state index < -0.39 is 0 Å². The van der Waals surface area contributed by atoms with Gasteiger partial charge in [-0.3, -0.25) is 0 Å². The van der Waals surface area contributed by atoms with E-state index in [0.29, 0.717) is 0 Å². The number of nitrogens with one attached hydrogen (secondary N) is 1. The molecule has 0 saturated carbocycles. The Bertz CT molecular complexity index is 401. The third-order valence-corrected chi connectivity index (χ3v) is 2.32. The van der Waals surface area contributed by atoms with Crippen molar-refractivity contribution in [2.45, 2.75) is 47.1 Å². The predicted octanol–water partition coefficient (Wildman–Crippen LogP) is 3.68. The predicted molar refractivity (Wildman–Crippen MR) is 71.7 cm³/mol. The smallest absolute Gasteiger partial charge is 0.122 e. The normalized spacial score (nSPS) is 13.0. The van der Waals surface area contributed by atoms with Gasteiger partial charge >= 0.3 is 0 Å². The highest BCUT2D eigenvalue weighted by atomic mass is 16.3. The zero-order valence-electron chi connectivity index (χ0n) is 11.6. The van der Waals surface area contributed by atoms with Crippen molar-refractivity contribution in [2.24, 2.45) is 5.41 Å². The van der Waals surface area contributed by atoms with Crippen LogP contribution in [-0.2, 0) is 0 Å². The van der Waals surface area contributed by atoms with E-state index in [1.807, 2.05) is 19.1 Å². The van der Waals surface area contributed by atoms with E-state index in [4.69, 9.17) is 4.42 Å². The van der Waals surface area contributed by atoms with Crippen molar-refractivity contribution in [3.8, 4) is 11.8 Å². The largest absolute Gasteiger partial charge is 0.465 e. The summed E-state index contributed by atoms with van der Waals surface area (Å²) in [5.74, 6) is 8.43. The molecule has 1 N–H and O–H groups in total. The summed E-state index contributed by atoms with van der Waals surface area (Å²) in [5.41, 5.74) is 0.0653. The van der Waals surface area contributed by atoms with Crippen LogP contribution in [0, 0.1) is 24.2 Å². The Kier molecular flexibility index (Phi) is 4.84. The number of hydrogen-bond donors (Lipinski definition) is 1. The van der Waals surface area contributed by atoms with Gasteiger partial charge in [-0.05, 0) is 46.4 Å². The van der Waals surface area contributed by atoms with Crippen molar-refractivity contribution >= 4 is 0 Å². The van der Waals surface area contributed by atoms with Crippen molar-refractivity contribution in [3.05, 3.63) is 23.7 Å². The Morgan fingerprint density at radius 3 is 2.53 bits per heavy atom. The summed E-state index contributed by atoms with van der Waals surface area (Å²) < 4.78 is 5.65. The lowest BCUT2D eigenvalue weighted by Crippen LogP contribution is -2.20. The van der Waals surface area contributed by atoms with Crippen molar-refractivity contribution in [2.75, 3.05) is 6.54 Å². The van der Waals surface area contributed by atoms with Gasteiger partial charge in [0.15, 0.2) is 0 Å². The first-order valence-electron chi connectivity index (χ1n) is 6.22. The van der Waals surface area contributed by atoms with Gasteiger partial charge in [-0.2, -0.15) is 0 Å². The minimum Gasteiger partial charge on any atom is -0.465 e. The molecule has 0 spiro atoms. The molecule has 1 heterocycles. The molecule has 0 bridgehead atoms. The molecule has 2 heteroatoms. The van der Waals surface area contributed by atoms with E-state index in [0.717, 1.165) is 24.5 Å². The molecule has 0 aliphatic heterocycles. The summed E-state index contributed by atoms with van der Waals surface area (Å²) in [6.07, 6.45) is 0.790. The van der Waals surface area contributed by atoms with Gasteiger partial charge in [0.25, 0.3) is 0 Å². The molecule has 1 aromatic rings. The van der Waals surface area contributed by atoms with E-state index in [1.165, 1.54) is 0 Å². The molecular weight excluding hydrogens is 210 g/mol. The van der Waals surface area contributed by atoms with Crippen LogP contribution in [0.1, 0.15) is 51.7 Å². The molecule has 0 aliphatic carbocycles. The summed E-state index contributed by atoms with van der Waals surface area (Å²) in [5, 5.41) is 3.40. The quantitative estimate of drug-likeness (QED) is 0.803. The third kappa shape index (κ3) is 5.10. The molecule has 0 radical (unpaired) electrons. The maximum atomic E-state index is 5.65. The van der Waals surface area contributed by atoms with Gasteiger partial charge in [-0.25, -0.2) is 0 Å². The van der Waals surface area contributed by atoms with E-state index in [-0.39, 0.29) is 11.5 Å². The monoisotopic (exact) mass is 233 g/mol. The maximum Gasteiger partial charge on any atom is 0.122 e. The van der Waals surface area contributed by atoms with Crippen LogP contribution in [0.25, 0.3) is 0 Å². The summed E-state index contributed by atoms with van der Waals surface area (Å²) in [6, 6.07) is 4.22. The second kappa shape index (κ2) is 5.93. The molecule has 2 nitrogen and oxygen atoms in total. The molecule has 1 atom stereocenters. The minimum atomic E-state index is 0.0653. The Morgan fingerprint density at radius 1 is 1.35 bits per heavy atom. The Morgan fingerprint density at radius 2 is 2.06 bits per heavy atom. The van der Waals surface area contributed by atoms with Crippen LogP contribution in [-0.4, -0.2) is 6.54 Å². The molecule has 1 rings (SSSR count). The second-order valence-electron chi connectivity index (χ2n) is 5.31. The molecule has 1 unspecified atom stereocenters. The summed E-state index contributed by atoms with van der Waals surface area (Å²) in [7, 11) is 0. The standard InChI is InChI=1S/C15H23NO/c1-6-16-13(8-7-11-15(3,4)5)14-10-9-12(2)17-14/h9-10,13,16H,6,8H2,1-5H3. The first-order valence-corrected chi connectivity index (χ1v) is 6.22. The van der Waals surface area contributed by atoms with E-state index in [1.54, 1.807) is 0 Å². The lowest BCUT2D eigenvalue weighted by Gasteiger charge is -2.13. The Hall–Kier alpha value is -1.20.